The van der Waals surface area contributed by atoms with Crippen molar-refractivity contribution in [1.82, 2.24) is 0 Å². The fraction of sp³-hybridized carbons (Fsp3) is 0.200. The molecule has 0 aliphatic rings. The molecule has 0 saturated carbocycles. The minimum Gasteiger partial charge on any atom is -0.316 e. The van der Waals surface area contributed by atoms with E-state index in [0.717, 1.165) is 0 Å². The van der Waals surface area contributed by atoms with Gasteiger partial charge in [-0.3, -0.25) is 4.79 Å². The van der Waals surface area contributed by atoms with E-state index in [2.05, 4.69) is 4.99 Å². The average molecular weight is 190 g/mol. The fourth-order valence-electron chi connectivity index (χ4n) is 1.01. The lowest BCUT2D eigenvalue weighted by Crippen LogP contribution is -2.22. The van der Waals surface area contributed by atoms with Gasteiger partial charge in [-0.2, -0.15) is 4.99 Å². The Kier molecular flexibility index (Phi) is 3.15. The van der Waals surface area contributed by atoms with Crippen molar-refractivity contribution in [3.05, 3.63) is 24.3 Å². The number of carbonyl (C=O) groups is 1. The zero-order valence-electron chi connectivity index (χ0n) is 8.02. The highest BCUT2D eigenvalue weighted by molar-refractivity contribution is 5.91. The summed E-state index contributed by atoms with van der Waals surface area (Å²) in [5.41, 5.74) is 1.19. The second kappa shape index (κ2) is 4.35. The molecule has 4 nitrogen and oxygen atoms in total. The quantitative estimate of drug-likeness (QED) is 0.525. The Hall–Kier alpha value is -1.93. The van der Waals surface area contributed by atoms with Crippen LogP contribution in [0.25, 0.3) is 0 Å². The number of rotatable bonds is 2. The summed E-state index contributed by atoms with van der Waals surface area (Å²) in [6.07, 6.45) is 1.45. The fourth-order valence-corrected chi connectivity index (χ4v) is 1.01. The van der Waals surface area contributed by atoms with Crippen LogP contribution < -0.4 is 4.90 Å². The van der Waals surface area contributed by atoms with E-state index < -0.39 is 0 Å². The Morgan fingerprint density at radius 1 is 1.50 bits per heavy atom. The normalized spacial score (nSPS) is 9.00. The van der Waals surface area contributed by atoms with Crippen molar-refractivity contribution in [2.75, 3.05) is 11.9 Å². The van der Waals surface area contributed by atoms with E-state index in [0.29, 0.717) is 11.4 Å². The van der Waals surface area contributed by atoms with Crippen LogP contribution in [0.5, 0.6) is 0 Å². The Morgan fingerprint density at radius 2 is 2.21 bits per heavy atom. The molecule has 0 aliphatic heterocycles. The number of hydrogen-bond donors (Lipinski definition) is 0. The molecule has 0 spiro atoms. The van der Waals surface area contributed by atoms with E-state index in [1.165, 1.54) is 17.9 Å². The SMILES string of the molecule is CC(=O)N(C)c1cccc(N=C=O)c1. The number of benzene rings is 1. The summed E-state index contributed by atoms with van der Waals surface area (Å²) in [5.74, 6) is -0.0720. The molecule has 0 saturated heterocycles. The van der Waals surface area contributed by atoms with Crippen LogP contribution in [0.15, 0.2) is 29.3 Å². The maximum atomic E-state index is 11.0. The van der Waals surface area contributed by atoms with Crippen molar-refractivity contribution in [3.63, 3.8) is 0 Å². The zero-order chi connectivity index (χ0) is 10.6. The molecule has 1 rings (SSSR count). The molecule has 0 unspecified atom stereocenters. The highest BCUT2D eigenvalue weighted by Gasteiger charge is 2.04. The molecule has 1 amide bonds. The van der Waals surface area contributed by atoms with Crippen molar-refractivity contribution >= 4 is 23.4 Å². The summed E-state index contributed by atoms with van der Waals surface area (Å²) in [5, 5.41) is 0. The summed E-state index contributed by atoms with van der Waals surface area (Å²) in [6, 6.07) is 6.81. The first kappa shape index (κ1) is 10.2. The Labute approximate surface area is 81.9 Å². The second-order valence-corrected chi connectivity index (χ2v) is 2.80. The van der Waals surface area contributed by atoms with Gasteiger partial charge in [-0.05, 0) is 18.2 Å². The average Bonchev–Trinajstić information content (AvgIpc) is 2.17. The van der Waals surface area contributed by atoms with Crippen LogP contribution in [-0.4, -0.2) is 19.0 Å². The van der Waals surface area contributed by atoms with E-state index in [1.54, 1.807) is 31.3 Å². The molecule has 4 heteroatoms. The van der Waals surface area contributed by atoms with Gasteiger partial charge in [-0.25, -0.2) is 4.79 Å². The molecule has 0 radical (unpaired) electrons. The molecule has 0 N–H and O–H groups in total. The Morgan fingerprint density at radius 3 is 2.79 bits per heavy atom. The molecule has 0 aliphatic carbocycles. The summed E-state index contributed by atoms with van der Waals surface area (Å²) in [6.45, 7) is 1.47. The summed E-state index contributed by atoms with van der Waals surface area (Å²) >= 11 is 0. The van der Waals surface area contributed by atoms with Crippen molar-refractivity contribution < 1.29 is 9.59 Å². The third kappa shape index (κ3) is 2.28. The van der Waals surface area contributed by atoms with Crippen LogP contribution in [-0.2, 0) is 9.59 Å². The molecule has 0 aromatic heterocycles. The Balaban J connectivity index is 3.04. The van der Waals surface area contributed by atoms with Gasteiger partial charge >= 0.3 is 0 Å². The molecule has 0 atom stereocenters. The summed E-state index contributed by atoms with van der Waals surface area (Å²) < 4.78 is 0. The molecular formula is C10H10N2O2. The Bertz CT molecular complexity index is 395. The number of amides is 1. The monoisotopic (exact) mass is 190 g/mol. The standard InChI is InChI=1S/C10H10N2O2/c1-8(14)12(2)10-5-3-4-9(6-10)11-7-13/h3-6H,1-2H3. The predicted molar refractivity (Wildman–Crippen MR) is 53.3 cm³/mol. The van der Waals surface area contributed by atoms with E-state index in [1.807, 2.05) is 0 Å². The van der Waals surface area contributed by atoms with E-state index >= 15 is 0 Å². The van der Waals surface area contributed by atoms with Gasteiger partial charge in [0.1, 0.15) is 0 Å². The number of aliphatic imine (C=N–C) groups is 1. The number of isocyanates is 1. The number of nitrogens with zero attached hydrogens (tertiary/aromatic N) is 2. The highest BCUT2D eigenvalue weighted by Crippen LogP contribution is 2.20. The summed E-state index contributed by atoms with van der Waals surface area (Å²) in [7, 11) is 1.66. The van der Waals surface area contributed by atoms with Crippen LogP contribution in [0, 0.1) is 0 Å². The maximum Gasteiger partial charge on any atom is 0.240 e. The molecule has 1 aromatic rings. The molecule has 0 bridgehead atoms. The lowest BCUT2D eigenvalue weighted by atomic mass is 10.2. The van der Waals surface area contributed by atoms with Gasteiger partial charge in [-0.1, -0.05) is 6.07 Å². The third-order valence-electron chi connectivity index (χ3n) is 1.86. The number of hydrogen-bond acceptors (Lipinski definition) is 3. The van der Waals surface area contributed by atoms with Gasteiger partial charge in [0.15, 0.2) is 0 Å². The predicted octanol–water partition coefficient (Wildman–Crippen LogP) is 1.64. The van der Waals surface area contributed by atoms with Gasteiger partial charge in [0.25, 0.3) is 0 Å². The van der Waals surface area contributed by atoms with Crippen molar-refractivity contribution in [2.45, 2.75) is 6.92 Å². The molecule has 0 fully saturated rings. The van der Waals surface area contributed by atoms with Gasteiger partial charge in [0, 0.05) is 19.7 Å². The molecule has 1 aromatic carbocycles. The maximum absolute atomic E-state index is 11.0. The van der Waals surface area contributed by atoms with Gasteiger partial charge in [0.2, 0.25) is 12.0 Å². The largest absolute Gasteiger partial charge is 0.316 e. The zero-order valence-corrected chi connectivity index (χ0v) is 8.02. The van der Waals surface area contributed by atoms with Crippen molar-refractivity contribution in [3.8, 4) is 0 Å². The van der Waals surface area contributed by atoms with E-state index in [9.17, 15) is 9.59 Å². The topological polar surface area (TPSA) is 49.7 Å². The first-order valence-corrected chi connectivity index (χ1v) is 4.07. The molecular weight excluding hydrogens is 180 g/mol. The van der Waals surface area contributed by atoms with Gasteiger partial charge in [-0.15, -0.1) is 0 Å². The smallest absolute Gasteiger partial charge is 0.240 e. The summed E-state index contributed by atoms with van der Waals surface area (Å²) in [4.78, 5) is 26.0. The molecule has 14 heavy (non-hydrogen) atoms. The van der Waals surface area contributed by atoms with Crippen molar-refractivity contribution in [2.24, 2.45) is 4.99 Å². The van der Waals surface area contributed by atoms with E-state index in [-0.39, 0.29) is 5.91 Å². The number of anilines is 1. The van der Waals surface area contributed by atoms with Crippen molar-refractivity contribution in [1.29, 1.82) is 0 Å². The van der Waals surface area contributed by atoms with E-state index in [4.69, 9.17) is 0 Å². The van der Waals surface area contributed by atoms with Crippen LogP contribution in [0.2, 0.25) is 0 Å². The highest BCUT2D eigenvalue weighted by atomic mass is 16.2. The van der Waals surface area contributed by atoms with Crippen LogP contribution in [0.3, 0.4) is 0 Å². The van der Waals surface area contributed by atoms with Gasteiger partial charge < -0.3 is 4.90 Å². The third-order valence-corrected chi connectivity index (χ3v) is 1.86. The minimum absolute atomic E-state index is 0.0720. The minimum atomic E-state index is -0.0720. The molecule has 0 heterocycles. The lowest BCUT2D eigenvalue weighted by Gasteiger charge is -2.14. The first-order valence-electron chi connectivity index (χ1n) is 4.07. The lowest BCUT2D eigenvalue weighted by molar-refractivity contribution is -0.116. The van der Waals surface area contributed by atoms with Crippen LogP contribution >= 0.6 is 0 Å². The molecule has 72 valence electrons. The van der Waals surface area contributed by atoms with Crippen LogP contribution in [0.1, 0.15) is 6.92 Å². The number of carbonyl (C=O) groups excluding carboxylic acids is 2. The second-order valence-electron chi connectivity index (χ2n) is 2.80. The van der Waals surface area contributed by atoms with Gasteiger partial charge in [0.05, 0.1) is 5.69 Å². The first-order chi connectivity index (χ1) is 6.65. The van der Waals surface area contributed by atoms with Crippen LogP contribution in [0.4, 0.5) is 11.4 Å².